The number of carbonyl (C=O) groups is 1. The molecule has 0 saturated carbocycles. The van der Waals surface area contributed by atoms with E-state index in [1.54, 1.807) is 0 Å². The second kappa shape index (κ2) is 8.22. The van der Waals surface area contributed by atoms with Crippen molar-refractivity contribution in [3.8, 4) is 0 Å². The van der Waals surface area contributed by atoms with E-state index in [0.717, 1.165) is 36.5 Å². The fourth-order valence-corrected chi connectivity index (χ4v) is 2.73. The summed E-state index contributed by atoms with van der Waals surface area (Å²) >= 11 is 1.14. The minimum Gasteiger partial charge on any atom is -0.396 e. The van der Waals surface area contributed by atoms with Gasteiger partial charge in [-0.05, 0) is 36.2 Å². The second-order valence-corrected chi connectivity index (χ2v) is 5.77. The van der Waals surface area contributed by atoms with Gasteiger partial charge in [0.25, 0.3) is 5.91 Å². The molecule has 1 rings (SSSR count). The maximum absolute atomic E-state index is 12.1. The predicted octanol–water partition coefficient (Wildman–Crippen LogP) is 2.19. The van der Waals surface area contributed by atoms with Gasteiger partial charge in [-0.15, -0.1) is 5.10 Å². The first kappa shape index (κ1) is 16.0. The average molecular weight is 285 g/mol. The van der Waals surface area contributed by atoms with Gasteiger partial charge in [0.05, 0.1) is 5.69 Å². The lowest BCUT2D eigenvalue weighted by molar-refractivity contribution is 0.0945. The Balaban J connectivity index is 2.56. The van der Waals surface area contributed by atoms with Gasteiger partial charge in [0.2, 0.25) is 0 Å². The first-order chi connectivity index (χ1) is 9.10. The van der Waals surface area contributed by atoms with Gasteiger partial charge in [-0.25, -0.2) is 0 Å². The molecule has 1 heterocycles. The van der Waals surface area contributed by atoms with E-state index in [-0.39, 0.29) is 18.4 Å². The fraction of sp³-hybridized carbons (Fsp3) is 0.769. The van der Waals surface area contributed by atoms with E-state index in [1.807, 2.05) is 13.8 Å². The highest BCUT2D eigenvalue weighted by Crippen LogP contribution is 2.19. The molecule has 0 fully saturated rings. The molecule has 19 heavy (non-hydrogen) atoms. The third kappa shape index (κ3) is 4.87. The third-order valence-corrected chi connectivity index (χ3v) is 3.79. The van der Waals surface area contributed by atoms with E-state index in [4.69, 9.17) is 5.11 Å². The number of nitrogens with zero attached hydrogens (tertiary/aromatic N) is 2. The van der Waals surface area contributed by atoms with Crippen LogP contribution in [0.4, 0.5) is 0 Å². The van der Waals surface area contributed by atoms with Gasteiger partial charge in [0.15, 0.2) is 0 Å². The van der Waals surface area contributed by atoms with Crippen molar-refractivity contribution < 1.29 is 9.90 Å². The van der Waals surface area contributed by atoms with Crippen LogP contribution in [0.25, 0.3) is 0 Å². The highest BCUT2D eigenvalue weighted by molar-refractivity contribution is 7.08. The first-order valence-electron chi connectivity index (χ1n) is 6.81. The van der Waals surface area contributed by atoms with Crippen LogP contribution in [0, 0.1) is 5.92 Å². The first-order valence-corrected chi connectivity index (χ1v) is 7.58. The monoisotopic (exact) mass is 285 g/mol. The van der Waals surface area contributed by atoms with Crippen molar-refractivity contribution in [3.63, 3.8) is 0 Å². The summed E-state index contributed by atoms with van der Waals surface area (Å²) in [7, 11) is 0. The van der Waals surface area contributed by atoms with Crippen molar-refractivity contribution in [2.24, 2.45) is 5.92 Å². The molecule has 0 spiro atoms. The third-order valence-electron chi connectivity index (χ3n) is 3.05. The topological polar surface area (TPSA) is 75.1 Å². The van der Waals surface area contributed by atoms with Crippen LogP contribution in [0.15, 0.2) is 0 Å². The molecule has 0 bridgehead atoms. The van der Waals surface area contributed by atoms with Crippen molar-refractivity contribution >= 4 is 17.4 Å². The molecule has 0 radical (unpaired) electrons. The van der Waals surface area contributed by atoms with Crippen LogP contribution in [0.1, 0.15) is 61.3 Å². The van der Waals surface area contributed by atoms with Crippen LogP contribution in [0.3, 0.4) is 0 Å². The zero-order valence-corrected chi connectivity index (χ0v) is 12.7. The zero-order chi connectivity index (χ0) is 14.3. The van der Waals surface area contributed by atoms with Crippen LogP contribution in [-0.2, 0) is 0 Å². The molecule has 0 aliphatic rings. The minimum absolute atomic E-state index is 0.0993. The largest absolute Gasteiger partial charge is 0.396 e. The smallest absolute Gasteiger partial charge is 0.264 e. The number of carbonyl (C=O) groups excluding carboxylic acids is 1. The molecule has 6 heteroatoms. The maximum Gasteiger partial charge on any atom is 0.264 e. The van der Waals surface area contributed by atoms with E-state index >= 15 is 0 Å². The molecule has 0 saturated heterocycles. The lowest BCUT2D eigenvalue weighted by Gasteiger charge is -2.15. The summed E-state index contributed by atoms with van der Waals surface area (Å²) in [5.74, 6) is 0.434. The molecule has 0 aliphatic heterocycles. The number of amides is 1. The Hall–Kier alpha value is -1.01. The van der Waals surface area contributed by atoms with Crippen molar-refractivity contribution in [2.45, 2.75) is 46.0 Å². The van der Waals surface area contributed by atoms with Crippen LogP contribution < -0.4 is 5.32 Å². The maximum atomic E-state index is 12.1. The summed E-state index contributed by atoms with van der Waals surface area (Å²) in [6.07, 6.45) is 2.80. The molecule has 1 amide bonds. The summed E-state index contributed by atoms with van der Waals surface area (Å²) in [5.41, 5.74) is 0.761. The Kier molecular flexibility index (Phi) is 6.94. The summed E-state index contributed by atoms with van der Waals surface area (Å²) in [6, 6.07) is 0. The zero-order valence-electron chi connectivity index (χ0n) is 11.8. The Morgan fingerprint density at radius 1 is 1.42 bits per heavy atom. The molecule has 0 aliphatic carbocycles. The van der Waals surface area contributed by atoms with Crippen LogP contribution in [-0.4, -0.2) is 33.8 Å². The minimum atomic E-state index is -0.0993. The fourth-order valence-electron chi connectivity index (χ4n) is 1.99. The SMILES string of the molecule is CCCC(CCO)CNC(=O)c1snnc1C(C)C. The Bertz CT molecular complexity index is 387. The summed E-state index contributed by atoms with van der Waals surface area (Å²) in [4.78, 5) is 12.7. The van der Waals surface area contributed by atoms with Gasteiger partial charge >= 0.3 is 0 Å². The molecule has 1 aromatic rings. The van der Waals surface area contributed by atoms with Crippen LogP contribution >= 0.6 is 11.5 Å². The van der Waals surface area contributed by atoms with E-state index in [2.05, 4.69) is 21.8 Å². The summed E-state index contributed by atoms with van der Waals surface area (Å²) < 4.78 is 3.86. The Morgan fingerprint density at radius 2 is 2.16 bits per heavy atom. The lowest BCUT2D eigenvalue weighted by Crippen LogP contribution is -2.30. The lowest BCUT2D eigenvalue weighted by atomic mass is 10.0. The predicted molar refractivity (Wildman–Crippen MR) is 76.4 cm³/mol. The molecular weight excluding hydrogens is 262 g/mol. The number of aliphatic hydroxyl groups excluding tert-OH is 1. The van der Waals surface area contributed by atoms with E-state index in [0.29, 0.717) is 17.3 Å². The van der Waals surface area contributed by atoms with Crippen molar-refractivity contribution in [2.75, 3.05) is 13.2 Å². The van der Waals surface area contributed by atoms with Crippen molar-refractivity contribution in [1.82, 2.24) is 14.9 Å². The van der Waals surface area contributed by atoms with Crippen LogP contribution in [0.2, 0.25) is 0 Å². The second-order valence-electron chi connectivity index (χ2n) is 5.02. The molecule has 1 atom stereocenters. The van der Waals surface area contributed by atoms with Gasteiger partial charge in [0, 0.05) is 13.2 Å². The number of hydrogen-bond acceptors (Lipinski definition) is 5. The molecular formula is C13H23N3O2S. The Morgan fingerprint density at radius 3 is 2.74 bits per heavy atom. The van der Waals surface area contributed by atoms with E-state index in [1.165, 1.54) is 0 Å². The molecule has 1 unspecified atom stereocenters. The molecule has 2 N–H and O–H groups in total. The van der Waals surface area contributed by atoms with Gasteiger partial charge in [-0.3, -0.25) is 4.79 Å². The summed E-state index contributed by atoms with van der Waals surface area (Å²) in [6.45, 7) is 6.87. The van der Waals surface area contributed by atoms with Crippen LogP contribution in [0.5, 0.6) is 0 Å². The van der Waals surface area contributed by atoms with Gasteiger partial charge in [0.1, 0.15) is 4.88 Å². The number of aromatic nitrogens is 2. The quantitative estimate of drug-likeness (QED) is 0.767. The number of nitrogens with one attached hydrogen (secondary N) is 1. The standard InChI is InChI=1S/C13H23N3O2S/c1-4-5-10(6-7-17)8-14-13(18)12-11(9(2)3)15-16-19-12/h9-10,17H,4-8H2,1-3H3,(H,14,18). The number of aliphatic hydroxyl groups is 1. The normalized spacial score (nSPS) is 12.7. The highest BCUT2D eigenvalue weighted by Gasteiger charge is 2.19. The van der Waals surface area contributed by atoms with Gasteiger partial charge in [-0.1, -0.05) is 31.7 Å². The summed E-state index contributed by atoms with van der Waals surface area (Å²) in [5, 5.41) is 15.9. The Labute approximate surface area is 118 Å². The van der Waals surface area contributed by atoms with Gasteiger partial charge < -0.3 is 10.4 Å². The number of hydrogen-bond donors (Lipinski definition) is 2. The number of rotatable bonds is 8. The average Bonchev–Trinajstić information content (AvgIpc) is 2.85. The molecule has 5 nitrogen and oxygen atoms in total. The van der Waals surface area contributed by atoms with Gasteiger partial charge in [-0.2, -0.15) is 0 Å². The van der Waals surface area contributed by atoms with Crippen molar-refractivity contribution in [3.05, 3.63) is 10.6 Å². The highest BCUT2D eigenvalue weighted by atomic mass is 32.1. The van der Waals surface area contributed by atoms with E-state index < -0.39 is 0 Å². The van der Waals surface area contributed by atoms with Crippen molar-refractivity contribution in [1.29, 1.82) is 0 Å². The molecule has 0 aromatic carbocycles. The van der Waals surface area contributed by atoms with E-state index in [9.17, 15) is 4.79 Å². The molecule has 1 aromatic heterocycles. The molecule has 108 valence electrons.